The van der Waals surface area contributed by atoms with Crippen LogP contribution in [0.25, 0.3) is 0 Å². The molecule has 1 aromatic rings. The summed E-state index contributed by atoms with van der Waals surface area (Å²) in [5.74, 6) is 0.0251. The summed E-state index contributed by atoms with van der Waals surface area (Å²) < 4.78 is 0. The summed E-state index contributed by atoms with van der Waals surface area (Å²) >= 11 is 5.92. The van der Waals surface area contributed by atoms with Crippen LogP contribution in [0.15, 0.2) is 12.1 Å². The van der Waals surface area contributed by atoms with Gasteiger partial charge in [-0.1, -0.05) is 17.7 Å². The van der Waals surface area contributed by atoms with E-state index in [-0.39, 0.29) is 12.4 Å². The molecule has 4 N–H and O–H groups in total. The van der Waals surface area contributed by atoms with Gasteiger partial charge in [0.25, 0.3) is 0 Å². The van der Waals surface area contributed by atoms with Crippen molar-refractivity contribution >= 4 is 11.6 Å². The third-order valence-electron chi connectivity index (χ3n) is 1.92. The number of aromatic hydroxyl groups is 1. The summed E-state index contributed by atoms with van der Waals surface area (Å²) in [5, 5.41) is 18.7. The monoisotopic (exact) mass is 201 g/mol. The molecule has 0 fully saturated rings. The van der Waals surface area contributed by atoms with E-state index in [1.807, 2.05) is 6.92 Å². The first kappa shape index (κ1) is 10.3. The van der Waals surface area contributed by atoms with E-state index in [4.69, 9.17) is 22.4 Å². The Morgan fingerprint density at radius 2 is 2.15 bits per heavy atom. The molecular formula is C9H12ClNO2. The maximum Gasteiger partial charge on any atom is 0.121 e. The summed E-state index contributed by atoms with van der Waals surface area (Å²) in [5.41, 5.74) is 6.81. The minimum absolute atomic E-state index is 0.0251. The Morgan fingerprint density at radius 3 is 2.69 bits per heavy atom. The molecule has 0 aromatic heterocycles. The van der Waals surface area contributed by atoms with E-state index in [2.05, 4.69) is 0 Å². The Morgan fingerprint density at radius 1 is 1.54 bits per heavy atom. The van der Waals surface area contributed by atoms with Crippen LogP contribution < -0.4 is 5.73 Å². The van der Waals surface area contributed by atoms with Crippen LogP contribution in [0, 0.1) is 6.92 Å². The Labute approximate surface area is 81.8 Å². The lowest BCUT2D eigenvalue weighted by molar-refractivity contribution is 0.265. The van der Waals surface area contributed by atoms with Gasteiger partial charge in [-0.25, -0.2) is 0 Å². The lowest BCUT2D eigenvalue weighted by Crippen LogP contribution is -2.15. The molecule has 0 radical (unpaired) electrons. The van der Waals surface area contributed by atoms with Crippen LogP contribution >= 0.6 is 11.6 Å². The van der Waals surface area contributed by atoms with Gasteiger partial charge in [-0.15, -0.1) is 0 Å². The fourth-order valence-electron chi connectivity index (χ4n) is 1.14. The normalized spacial score (nSPS) is 12.9. The fourth-order valence-corrected chi connectivity index (χ4v) is 1.44. The highest BCUT2D eigenvalue weighted by molar-refractivity contribution is 6.32. The third-order valence-corrected chi connectivity index (χ3v) is 2.42. The van der Waals surface area contributed by atoms with Gasteiger partial charge < -0.3 is 15.9 Å². The second-order valence-corrected chi connectivity index (χ2v) is 3.30. The Bertz CT molecular complexity index is 315. The molecule has 0 aliphatic rings. The first-order valence-corrected chi connectivity index (χ1v) is 4.30. The van der Waals surface area contributed by atoms with Crippen molar-refractivity contribution in [2.24, 2.45) is 5.73 Å². The van der Waals surface area contributed by atoms with Gasteiger partial charge in [-0.05, 0) is 18.6 Å². The van der Waals surface area contributed by atoms with E-state index in [0.29, 0.717) is 10.6 Å². The molecule has 4 heteroatoms. The number of phenols is 1. The number of nitrogens with two attached hydrogens (primary N) is 1. The maximum atomic E-state index is 9.44. The molecule has 72 valence electrons. The molecule has 0 amide bonds. The number of hydrogen-bond donors (Lipinski definition) is 3. The predicted molar refractivity (Wildman–Crippen MR) is 51.9 cm³/mol. The molecule has 0 spiro atoms. The molecule has 1 rings (SSSR count). The molecule has 1 unspecified atom stereocenters. The summed E-state index contributed by atoms with van der Waals surface area (Å²) in [6, 6.07) is 2.59. The molecule has 0 bridgehead atoms. The topological polar surface area (TPSA) is 66.5 Å². The molecular weight excluding hydrogens is 190 g/mol. The van der Waals surface area contributed by atoms with Crippen LogP contribution in [0.1, 0.15) is 17.2 Å². The predicted octanol–water partition coefficient (Wildman–Crippen LogP) is 1.35. The van der Waals surface area contributed by atoms with Crippen LogP contribution in [0.4, 0.5) is 0 Å². The molecule has 0 aliphatic carbocycles. The average molecular weight is 202 g/mol. The number of benzene rings is 1. The van der Waals surface area contributed by atoms with E-state index in [0.717, 1.165) is 5.56 Å². The molecule has 1 atom stereocenters. The Balaban J connectivity index is 3.25. The van der Waals surface area contributed by atoms with E-state index in [1.165, 1.54) is 6.07 Å². The molecule has 0 saturated carbocycles. The molecule has 0 saturated heterocycles. The van der Waals surface area contributed by atoms with Crippen molar-refractivity contribution in [3.63, 3.8) is 0 Å². The summed E-state index contributed by atoms with van der Waals surface area (Å²) in [6.07, 6.45) is 0. The van der Waals surface area contributed by atoms with Crippen molar-refractivity contribution < 1.29 is 10.2 Å². The van der Waals surface area contributed by atoms with Crippen molar-refractivity contribution in [2.45, 2.75) is 13.0 Å². The second-order valence-electron chi connectivity index (χ2n) is 2.92. The molecule has 1 aromatic carbocycles. The highest BCUT2D eigenvalue weighted by atomic mass is 35.5. The number of halogens is 1. The Hall–Kier alpha value is -0.770. The Kier molecular flexibility index (Phi) is 3.14. The van der Waals surface area contributed by atoms with Crippen LogP contribution in [0.3, 0.4) is 0 Å². The molecule has 13 heavy (non-hydrogen) atoms. The number of aryl methyl sites for hydroxylation is 1. The van der Waals surface area contributed by atoms with E-state index >= 15 is 0 Å². The molecule has 3 nitrogen and oxygen atoms in total. The number of aliphatic hydroxyl groups is 1. The minimum Gasteiger partial charge on any atom is -0.508 e. The number of phenolic OH excluding ortho intramolecular Hbond substituents is 1. The van der Waals surface area contributed by atoms with Gasteiger partial charge in [0.05, 0.1) is 17.7 Å². The second kappa shape index (κ2) is 3.96. The van der Waals surface area contributed by atoms with Crippen molar-refractivity contribution in [2.75, 3.05) is 6.61 Å². The SMILES string of the molecule is Cc1ccc(O)c(C(N)CO)c1Cl. The van der Waals surface area contributed by atoms with E-state index in [9.17, 15) is 5.11 Å². The zero-order valence-corrected chi connectivity index (χ0v) is 8.04. The van der Waals surface area contributed by atoms with Crippen molar-refractivity contribution in [1.82, 2.24) is 0 Å². The first-order chi connectivity index (χ1) is 6.07. The zero-order valence-electron chi connectivity index (χ0n) is 7.29. The highest BCUT2D eigenvalue weighted by Gasteiger charge is 2.15. The lowest BCUT2D eigenvalue weighted by Gasteiger charge is -2.13. The van der Waals surface area contributed by atoms with Gasteiger partial charge in [0, 0.05) is 5.56 Å². The minimum atomic E-state index is -0.632. The van der Waals surface area contributed by atoms with Crippen LogP contribution in [-0.2, 0) is 0 Å². The van der Waals surface area contributed by atoms with Crippen molar-refractivity contribution in [1.29, 1.82) is 0 Å². The van der Waals surface area contributed by atoms with Gasteiger partial charge in [0.1, 0.15) is 5.75 Å². The number of hydrogen-bond acceptors (Lipinski definition) is 3. The smallest absolute Gasteiger partial charge is 0.121 e. The number of aliphatic hydroxyl groups excluding tert-OH is 1. The number of rotatable bonds is 2. The zero-order chi connectivity index (χ0) is 10.0. The van der Waals surface area contributed by atoms with Crippen molar-refractivity contribution in [3.05, 3.63) is 28.3 Å². The standard InChI is InChI=1S/C9H12ClNO2/c1-5-2-3-7(13)8(9(5)10)6(11)4-12/h2-3,6,12-13H,4,11H2,1H3. The summed E-state index contributed by atoms with van der Waals surface area (Å²) in [4.78, 5) is 0. The van der Waals surface area contributed by atoms with Crippen LogP contribution in [-0.4, -0.2) is 16.8 Å². The van der Waals surface area contributed by atoms with Gasteiger partial charge in [-0.3, -0.25) is 0 Å². The van der Waals surface area contributed by atoms with Crippen molar-refractivity contribution in [3.8, 4) is 5.75 Å². The third kappa shape index (κ3) is 1.94. The van der Waals surface area contributed by atoms with E-state index < -0.39 is 6.04 Å². The summed E-state index contributed by atoms with van der Waals surface area (Å²) in [7, 11) is 0. The van der Waals surface area contributed by atoms with E-state index in [1.54, 1.807) is 6.07 Å². The highest BCUT2D eigenvalue weighted by Crippen LogP contribution is 2.32. The lowest BCUT2D eigenvalue weighted by atomic mass is 10.0. The quantitative estimate of drug-likeness (QED) is 0.677. The summed E-state index contributed by atoms with van der Waals surface area (Å²) in [6.45, 7) is 1.58. The van der Waals surface area contributed by atoms with Crippen LogP contribution in [0.2, 0.25) is 5.02 Å². The first-order valence-electron chi connectivity index (χ1n) is 3.92. The van der Waals surface area contributed by atoms with Gasteiger partial charge in [-0.2, -0.15) is 0 Å². The van der Waals surface area contributed by atoms with Gasteiger partial charge in [0.15, 0.2) is 0 Å². The molecule has 0 aliphatic heterocycles. The van der Waals surface area contributed by atoms with Gasteiger partial charge in [0.2, 0.25) is 0 Å². The largest absolute Gasteiger partial charge is 0.508 e. The average Bonchev–Trinajstić information content (AvgIpc) is 2.12. The van der Waals surface area contributed by atoms with Crippen LogP contribution in [0.5, 0.6) is 5.75 Å². The maximum absolute atomic E-state index is 9.44. The molecule has 0 heterocycles. The fraction of sp³-hybridized carbons (Fsp3) is 0.333. The van der Waals surface area contributed by atoms with Gasteiger partial charge >= 0.3 is 0 Å².